The van der Waals surface area contributed by atoms with Crippen LogP contribution in [0.4, 0.5) is 0 Å². The van der Waals surface area contributed by atoms with E-state index in [9.17, 15) is 0 Å². The van der Waals surface area contributed by atoms with Crippen molar-refractivity contribution >= 4 is 0 Å². The Morgan fingerprint density at radius 3 is 2.69 bits per heavy atom. The molecule has 0 aromatic rings. The standard InChI is InChI=1S/C14H27NO/c1-5-16-11-12-7-9-14(13(2,3)4)8-6-10-15(12)14/h12H,5-11H2,1-4H3. The van der Waals surface area contributed by atoms with Gasteiger partial charge in [-0.05, 0) is 44.6 Å². The zero-order valence-corrected chi connectivity index (χ0v) is 11.4. The lowest BCUT2D eigenvalue weighted by Gasteiger charge is -2.45. The van der Waals surface area contributed by atoms with Gasteiger partial charge in [-0.1, -0.05) is 20.8 Å². The van der Waals surface area contributed by atoms with Gasteiger partial charge in [0.1, 0.15) is 0 Å². The van der Waals surface area contributed by atoms with E-state index in [0.717, 1.165) is 13.2 Å². The van der Waals surface area contributed by atoms with Crippen LogP contribution >= 0.6 is 0 Å². The molecule has 2 heterocycles. The van der Waals surface area contributed by atoms with E-state index >= 15 is 0 Å². The zero-order chi connectivity index (χ0) is 11.8. The van der Waals surface area contributed by atoms with Gasteiger partial charge in [-0.3, -0.25) is 4.90 Å². The Bertz CT molecular complexity index is 246. The highest BCUT2D eigenvalue weighted by molar-refractivity contribution is 5.10. The van der Waals surface area contributed by atoms with Crippen molar-refractivity contribution in [2.45, 2.75) is 65.0 Å². The summed E-state index contributed by atoms with van der Waals surface area (Å²) in [6, 6.07) is 0.682. The Kier molecular flexibility index (Phi) is 3.33. The topological polar surface area (TPSA) is 12.5 Å². The predicted molar refractivity (Wildman–Crippen MR) is 67.6 cm³/mol. The van der Waals surface area contributed by atoms with Gasteiger partial charge in [-0.25, -0.2) is 0 Å². The average Bonchev–Trinajstić information content (AvgIpc) is 2.72. The first-order valence-electron chi connectivity index (χ1n) is 6.86. The van der Waals surface area contributed by atoms with Crippen molar-refractivity contribution < 1.29 is 4.74 Å². The van der Waals surface area contributed by atoms with Gasteiger partial charge in [0, 0.05) is 18.2 Å². The molecule has 0 aromatic carbocycles. The first-order valence-corrected chi connectivity index (χ1v) is 6.86. The second kappa shape index (κ2) is 4.30. The molecule has 0 spiro atoms. The largest absolute Gasteiger partial charge is 0.380 e. The molecule has 2 rings (SSSR count). The Morgan fingerprint density at radius 1 is 1.31 bits per heavy atom. The molecular formula is C14H27NO. The Hall–Kier alpha value is -0.0800. The van der Waals surface area contributed by atoms with E-state index in [-0.39, 0.29) is 0 Å². The lowest BCUT2D eigenvalue weighted by molar-refractivity contribution is 0.0125. The van der Waals surface area contributed by atoms with E-state index in [4.69, 9.17) is 4.74 Å². The molecule has 2 nitrogen and oxygen atoms in total. The number of ether oxygens (including phenoxy) is 1. The van der Waals surface area contributed by atoms with Crippen molar-refractivity contribution in [2.24, 2.45) is 5.41 Å². The maximum Gasteiger partial charge on any atom is 0.0621 e. The van der Waals surface area contributed by atoms with Crippen LogP contribution in [-0.2, 0) is 4.74 Å². The molecule has 2 unspecified atom stereocenters. The van der Waals surface area contributed by atoms with Gasteiger partial charge in [0.15, 0.2) is 0 Å². The number of rotatable bonds is 3. The minimum atomic E-state index is 0.407. The van der Waals surface area contributed by atoms with Gasteiger partial charge in [0.2, 0.25) is 0 Å². The van der Waals surface area contributed by atoms with Crippen molar-refractivity contribution in [1.29, 1.82) is 0 Å². The fraction of sp³-hybridized carbons (Fsp3) is 1.00. The Balaban J connectivity index is 2.11. The van der Waals surface area contributed by atoms with Gasteiger partial charge in [-0.15, -0.1) is 0 Å². The Morgan fingerprint density at radius 2 is 2.06 bits per heavy atom. The number of nitrogens with zero attached hydrogens (tertiary/aromatic N) is 1. The van der Waals surface area contributed by atoms with E-state index in [1.165, 1.54) is 32.2 Å². The number of hydrogen-bond donors (Lipinski definition) is 0. The molecule has 94 valence electrons. The fourth-order valence-electron chi connectivity index (χ4n) is 3.87. The van der Waals surface area contributed by atoms with Gasteiger partial charge in [-0.2, -0.15) is 0 Å². The molecule has 2 aliphatic rings. The quantitative estimate of drug-likeness (QED) is 0.732. The van der Waals surface area contributed by atoms with E-state index in [1.54, 1.807) is 0 Å². The Labute approximate surface area is 100 Å². The highest BCUT2D eigenvalue weighted by Gasteiger charge is 2.54. The van der Waals surface area contributed by atoms with Crippen LogP contribution in [0.5, 0.6) is 0 Å². The van der Waals surface area contributed by atoms with Crippen molar-refractivity contribution in [3.8, 4) is 0 Å². The van der Waals surface area contributed by atoms with E-state index in [2.05, 4.69) is 32.6 Å². The zero-order valence-electron chi connectivity index (χ0n) is 11.4. The van der Waals surface area contributed by atoms with Crippen molar-refractivity contribution in [3.05, 3.63) is 0 Å². The number of fused-ring (bicyclic) bond motifs is 1. The van der Waals surface area contributed by atoms with Crippen molar-refractivity contribution in [3.63, 3.8) is 0 Å². The monoisotopic (exact) mass is 225 g/mol. The van der Waals surface area contributed by atoms with E-state index < -0.39 is 0 Å². The van der Waals surface area contributed by atoms with Crippen molar-refractivity contribution in [1.82, 2.24) is 4.90 Å². The molecule has 0 radical (unpaired) electrons. The maximum atomic E-state index is 5.64. The third-order valence-electron chi connectivity index (χ3n) is 4.78. The van der Waals surface area contributed by atoms with E-state index in [0.29, 0.717) is 17.0 Å². The third kappa shape index (κ3) is 1.80. The maximum absolute atomic E-state index is 5.64. The summed E-state index contributed by atoms with van der Waals surface area (Å²) < 4.78 is 5.64. The molecule has 2 aliphatic heterocycles. The first kappa shape index (κ1) is 12.4. The molecule has 0 bridgehead atoms. The average molecular weight is 225 g/mol. The van der Waals surface area contributed by atoms with Crippen LogP contribution in [0.2, 0.25) is 0 Å². The molecule has 2 heteroatoms. The summed E-state index contributed by atoms with van der Waals surface area (Å²) in [5.74, 6) is 0. The summed E-state index contributed by atoms with van der Waals surface area (Å²) in [4.78, 5) is 2.77. The lowest BCUT2D eigenvalue weighted by atomic mass is 9.71. The van der Waals surface area contributed by atoms with Crippen LogP contribution in [0.25, 0.3) is 0 Å². The SMILES string of the molecule is CCOCC1CCC2(C(C)(C)C)CCCN12. The van der Waals surface area contributed by atoms with Crippen LogP contribution < -0.4 is 0 Å². The second-order valence-electron chi connectivity index (χ2n) is 6.43. The van der Waals surface area contributed by atoms with Gasteiger partial charge < -0.3 is 4.74 Å². The van der Waals surface area contributed by atoms with Crippen LogP contribution in [0.15, 0.2) is 0 Å². The molecule has 0 saturated carbocycles. The van der Waals surface area contributed by atoms with Crippen LogP contribution in [-0.4, -0.2) is 36.2 Å². The summed E-state index contributed by atoms with van der Waals surface area (Å²) in [6.07, 6.45) is 5.46. The predicted octanol–water partition coefficient (Wildman–Crippen LogP) is 3.07. The third-order valence-corrected chi connectivity index (χ3v) is 4.78. The molecule has 0 amide bonds. The molecule has 0 aliphatic carbocycles. The second-order valence-corrected chi connectivity index (χ2v) is 6.43. The number of hydrogen-bond acceptors (Lipinski definition) is 2. The van der Waals surface area contributed by atoms with Crippen LogP contribution in [0.1, 0.15) is 53.4 Å². The summed E-state index contributed by atoms with van der Waals surface area (Å²) in [7, 11) is 0. The smallest absolute Gasteiger partial charge is 0.0621 e. The van der Waals surface area contributed by atoms with Crippen LogP contribution in [0.3, 0.4) is 0 Å². The van der Waals surface area contributed by atoms with Gasteiger partial charge in [0.25, 0.3) is 0 Å². The molecule has 0 N–H and O–H groups in total. The summed E-state index contributed by atoms with van der Waals surface area (Å²) >= 11 is 0. The minimum absolute atomic E-state index is 0.407. The molecular weight excluding hydrogens is 198 g/mol. The normalized spacial score (nSPS) is 35.6. The fourth-order valence-corrected chi connectivity index (χ4v) is 3.87. The lowest BCUT2D eigenvalue weighted by Crippen LogP contribution is -2.52. The van der Waals surface area contributed by atoms with Gasteiger partial charge in [0.05, 0.1) is 6.61 Å². The van der Waals surface area contributed by atoms with Crippen molar-refractivity contribution in [2.75, 3.05) is 19.8 Å². The molecule has 2 atom stereocenters. The minimum Gasteiger partial charge on any atom is -0.380 e. The first-order chi connectivity index (χ1) is 7.51. The summed E-state index contributed by atoms with van der Waals surface area (Å²) in [5, 5.41) is 0. The van der Waals surface area contributed by atoms with Crippen LogP contribution in [0, 0.1) is 5.41 Å². The highest BCUT2D eigenvalue weighted by Crippen LogP contribution is 2.52. The summed E-state index contributed by atoms with van der Waals surface area (Å²) in [5.41, 5.74) is 0.874. The highest BCUT2D eigenvalue weighted by atomic mass is 16.5. The molecule has 2 fully saturated rings. The van der Waals surface area contributed by atoms with E-state index in [1.807, 2.05) is 0 Å². The molecule has 16 heavy (non-hydrogen) atoms. The van der Waals surface area contributed by atoms with Gasteiger partial charge >= 0.3 is 0 Å². The molecule has 0 aromatic heterocycles. The summed E-state index contributed by atoms with van der Waals surface area (Å²) in [6.45, 7) is 12.4. The molecule has 2 saturated heterocycles.